The standard InChI is InChI=1S/C22H22O4S/c1-3-17-5-9-19(10-6-17)15-21(27)24-13-14-25-22(23)26-16-20-11-7-18(4-2)8-12-20/h3-12H,1-2,13-16H2. The van der Waals surface area contributed by atoms with Gasteiger partial charge in [-0.1, -0.05) is 73.8 Å². The maximum atomic E-state index is 11.6. The van der Waals surface area contributed by atoms with Gasteiger partial charge < -0.3 is 14.2 Å². The minimum Gasteiger partial charge on any atom is -0.483 e. The van der Waals surface area contributed by atoms with Crippen LogP contribution >= 0.6 is 12.2 Å². The third-order valence-corrected chi connectivity index (χ3v) is 3.96. The minimum absolute atomic E-state index is 0.0732. The van der Waals surface area contributed by atoms with E-state index in [1.807, 2.05) is 48.5 Å². The lowest BCUT2D eigenvalue weighted by Crippen LogP contribution is -2.15. The molecule has 0 bridgehead atoms. The van der Waals surface area contributed by atoms with E-state index < -0.39 is 6.16 Å². The van der Waals surface area contributed by atoms with Crippen molar-refractivity contribution < 1.29 is 19.0 Å². The Morgan fingerprint density at radius 2 is 1.33 bits per heavy atom. The molecule has 0 unspecified atom stereocenters. The molecule has 0 aliphatic rings. The molecule has 0 aliphatic heterocycles. The van der Waals surface area contributed by atoms with Gasteiger partial charge in [-0.15, -0.1) is 0 Å². The van der Waals surface area contributed by atoms with Crippen molar-refractivity contribution in [2.75, 3.05) is 13.2 Å². The molecule has 0 radical (unpaired) electrons. The van der Waals surface area contributed by atoms with Crippen LogP contribution < -0.4 is 0 Å². The first-order chi connectivity index (χ1) is 13.1. The highest BCUT2D eigenvalue weighted by Gasteiger charge is 2.06. The summed E-state index contributed by atoms with van der Waals surface area (Å²) in [4.78, 5) is 11.6. The van der Waals surface area contributed by atoms with Crippen LogP contribution in [0, 0.1) is 0 Å². The average molecular weight is 382 g/mol. The van der Waals surface area contributed by atoms with Crippen molar-refractivity contribution in [1.29, 1.82) is 0 Å². The molecule has 0 saturated heterocycles. The topological polar surface area (TPSA) is 44.8 Å². The number of carbonyl (C=O) groups excluding carboxylic acids is 1. The van der Waals surface area contributed by atoms with Crippen LogP contribution in [0.5, 0.6) is 0 Å². The van der Waals surface area contributed by atoms with Crippen molar-refractivity contribution in [3.8, 4) is 0 Å². The summed E-state index contributed by atoms with van der Waals surface area (Å²) in [6, 6.07) is 15.4. The van der Waals surface area contributed by atoms with Crippen molar-refractivity contribution in [1.82, 2.24) is 0 Å². The second kappa shape index (κ2) is 10.9. The van der Waals surface area contributed by atoms with E-state index in [4.69, 9.17) is 26.4 Å². The van der Waals surface area contributed by atoms with E-state index in [0.717, 1.165) is 22.3 Å². The highest BCUT2D eigenvalue weighted by Crippen LogP contribution is 2.08. The Balaban J connectivity index is 1.60. The number of hydrogen-bond acceptors (Lipinski definition) is 5. The fourth-order valence-corrected chi connectivity index (χ4v) is 2.45. The van der Waals surface area contributed by atoms with Crippen molar-refractivity contribution in [2.45, 2.75) is 13.0 Å². The molecule has 0 saturated carbocycles. The van der Waals surface area contributed by atoms with E-state index in [-0.39, 0.29) is 19.8 Å². The molecule has 0 atom stereocenters. The Bertz CT molecular complexity index is 779. The number of carbonyl (C=O) groups is 1. The fourth-order valence-electron chi connectivity index (χ4n) is 2.20. The minimum atomic E-state index is -0.739. The zero-order valence-electron chi connectivity index (χ0n) is 15.1. The summed E-state index contributed by atoms with van der Waals surface area (Å²) in [5.41, 5.74) is 3.98. The predicted octanol–water partition coefficient (Wildman–Crippen LogP) is 5.21. The molecule has 0 aromatic heterocycles. The maximum Gasteiger partial charge on any atom is 0.508 e. The van der Waals surface area contributed by atoms with E-state index in [1.54, 1.807) is 12.2 Å². The molecule has 0 heterocycles. The first kappa shape index (κ1) is 20.4. The molecular weight excluding hydrogens is 360 g/mol. The van der Waals surface area contributed by atoms with Gasteiger partial charge in [-0.05, 0) is 34.5 Å². The first-order valence-corrected chi connectivity index (χ1v) is 8.89. The van der Waals surface area contributed by atoms with Gasteiger partial charge in [0.05, 0.1) is 0 Å². The highest BCUT2D eigenvalue weighted by molar-refractivity contribution is 7.80. The molecule has 140 valence electrons. The van der Waals surface area contributed by atoms with Gasteiger partial charge in [-0.25, -0.2) is 4.79 Å². The number of rotatable bonds is 9. The Morgan fingerprint density at radius 1 is 0.815 bits per heavy atom. The Kier molecular flexibility index (Phi) is 8.26. The molecule has 0 amide bonds. The molecule has 2 rings (SSSR count). The summed E-state index contributed by atoms with van der Waals surface area (Å²) in [5, 5.41) is 0.445. The second-order valence-electron chi connectivity index (χ2n) is 5.68. The monoisotopic (exact) mass is 382 g/mol. The van der Waals surface area contributed by atoms with Gasteiger partial charge in [-0.2, -0.15) is 0 Å². The summed E-state index contributed by atoms with van der Waals surface area (Å²) in [6.45, 7) is 7.82. The van der Waals surface area contributed by atoms with E-state index in [1.165, 1.54) is 0 Å². The molecular formula is C22H22O4S. The smallest absolute Gasteiger partial charge is 0.483 e. The Hall–Kier alpha value is -2.92. The molecule has 0 spiro atoms. The van der Waals surface area contributed by atoms with Crippen LogP contribution in [0.25, 0.3) is 12.2 Å². The molecule has 0 aliphatic carbocycles. The van der Waals surface area contributed by atoms with E-state index in [0.29, 0.717) is 11.5 Å². The summed E-state index contributed by atoms with van der Waals surface area (Å²) >= 11 is 5.19. The van der Waals surface area contributed by atoms with Crippen molar-refractivity contribution in [3.05, 3.63) is 83.9 Å². The van der Waals surface area contributed by atoms with Crippen LogP contribution in [0.4, 0.5) is 4.79 Å². The quantitative estimate of drug-likeness (QED) is 0.338. The summed E-state index contributed by atoms with van der Waals surface area (Å²) < 4.78 is 15.4. The molecule has 5 heteroatoms. The van der Waals surface area contributed by atoms with E-state index in [2.05, 4.69) is 13.2 Å². The first-order valence-electron chi connectivity index (χ1n) is 8.48. The van der Waals surface area contributed by atoms with Crippen molar-refractivity contribution >= 4 is 35.6 Å². The predicted molar refractivity (Wildman–Crippen MR) is 111 cm³/mol. The Morgan fingerprint density at radius 3 is 1.89 bits per heavy atom. The third-order valence-electron chi connectivity index (χ3n) is 3.70. The van der Waals surface area contributed by atoms with Gasteiger partial charge >= 0.3 is 6.16 Å². The van der Waals surface area contributed by atoms with Crippen LogP contribution in [0.15, 0.2) is 61.7 Å². The summed E-state index contributed by atoms with van der Waals surface area (Å²) in [5.74, 6) is 0. The van der Waals surface area contributed by atoms with Gasteiger partial charge in [0.15, 0.2) is 5.05 Å². The van der Waals surface area contributed by atoms with Crippen LogP contribution in [-0.2, 0) is 27.2 Å². The molecule has 4 nitrogen and oxygen atoms in total. The van der Waals surface area contributed by atoms with E-state index >= 15 is 0 Å². The number of thiocarbonyl (C=S) groups is 1. The SMILES string of the molecule is C=Cc1ccc(COC(=O)OCCOC(=S)Cc2ccc(C=C)cc2)cc1. The summed E-state index contributed by atoms with van der Waals surface area (Å²) in [6.07, 6.45) is 3.32. The molecule has 2 aromatic rings. The zero-order valence-corrected chi connectivity index (χ0v) is 15.9. The van der Waals surface area contributed by atoms with Gasteiger partial charge in [0.2, 0.25) is 0 Å². The van der Waals surface area contributed by atoms with Crippen molar-refractivity contribution in [3.63, 3.8) is 0 Å². The molecule has 0 N–H and O–H groups in total. The van der Waals surface area contributed by atoms with Gasteiger partial charge in [-0.3, -0.25) is 0 Å². The van der Waals surface area contributed by atoms with Gasteiger partial charge in [0.1, 0.15) is 19.8 Å². The number of ether oxygens (including phenoxy) is 3. The molecule has 2 aromatic carbocycles. The lowest BCUT2D eigenvalue weighted by molar-refractivity contribution is 0.0403. The van der Waals surface area contributed by atoms with Gasteiger partial charge in [0.25, 0.3) is 0 Å². The van der Waals surface area contributed by atoms with Crippen molar-refractivity contribution in [2.24, 2.45) is 0 Å². The number of benzene rings is 2. The molecule has 0 fully saturated rings. The Labute approximate surface area is 165 Å². The third kappa shape index (κ3) is 7.46. The molecule has 27 heavy (non-hydrogen) atoms. The lowest BCUT2D eigenvalue weighted by atomic mass is 10.1. The maximum absolute atomic E-state index is 11.6. The van der Waals surface area contributed by atoms with Gasteiger partial charge in [0, 0.05) is 6.42 Å². The fraction of sp³-hybridized carbons (Fsp3) is 0.182. The van der Waals surface area contributed by atoms with Crippen LogP contribution in [0.3, 0.4) is 0 Å². The number of hydrogen-bond donors (Lipinski definition) is 0. The normalized spacial score (nSPS) is 9.93. The highest BCUT2D eigenvalue weighted by atomic mass is 32.1. The van der Waals surface area contributed by atoms with Crippen LogP contribution in [0.1, 0.15) is 22.3 Å². The average Bonchev–Trinajstić information content (AvgIpc) is 2.70. The second-order valence-corrected chi connectivity index (χ2v) is 6.13. The van der Waals surface area contributed by atoms with E-state index in [9.17, 15) is 4.79 Å². The van der Waals surface area contributed by atoms with Crippen LogP contribution in [-0.4, -0.2) is 24.4 Å². The van der Waals surface area contributed by atoms with Crippen LogP contribution in [0.2, 0.25) is 0 Å². The lowest BCUT2D eigenvalue weighted by Gasteiger charge is -2.09. The summed E-state index contributed by atoms with van der Waals surface area (Å²) in [7, 11) is 0. The zero-order chi connectivity index (χ0) is 19.5. The largest absolute Gasteiger partial charge is 0.508 e.